The molecule has 10 heteroatoms. The van der Waals surface area contributed by atoms with Crippen molar-refractivity contribution < 1.29 is 17.9 Å². The number of amides is 2. The summed E-state index contributed by atoms with van der Waals surface area (Å²) < 4.78 is 33.3. The highest BCUT2D eigenvalue weighted by Crippen LogP contribution is 2.30. The molecule has 2 N–H and O–H groups in total. The van der Waals surface area contributed by atoms with E-state index in [9.17, 15) is 13.2 Å². The number of para-hydroxylation sites is 1. The van der Waals surface area contributed by atoms with Gasteiger partial charge < -0.3 is 14.6 Å². The van der Waals surface area contributed by atoms with Crippen molar-refractivity contribution in [3.63, 3.8) is 0 Å². The van der Waals surface area contributed by atoms with Gasteiger partial charge in [-0.1, -0.05) is 6.07 Å². The minimum absolute atomic E-state index is 0.146. The van der Waals surface area contributed by atoms with Crippen LogP contribution in [0.25, 0.3) is 11.0 Å². The van der Waals surface area contributed by atoms with Crippen LogP contribution in [0.1, 0.15) is 5.82 Å². The number of sulfone groups is 1. The average molecular weight is 421 g/mol. The number of hydrogen-bond donors (Lipinski definition) is 2. The fourth-order valence-corrected chi connectivity index (χ4v) is 4.12. The van der Waals surface area contributed by atoms with Crippen molar-refractivity contribution in [2.45, 2.75) is 16.7 Å². The SMILES string of the molecule is COc1ccc(S(C)(=O)=O)cc1SNC(=O)Nc1cccc2nc(C)n(C)c12. The fraction of sp³-hybridized carbons (Fsp3) is 0.222. The van der Waals surface area contributed by atoms with E-state index in [-0.39, 0.29) is 4.90 Å². The third kappa shape index (κ3) is 4.07. The Labute approximate surface area is 167 Å². The van der Waals surface area contributed by atoms with Crippen LogP contribution in [0.5, 0.6) is 5.75 Å². The number of carbonyl (C=O) groups is 1. The van der Waals surface area contributed by atoms with E-state index in [1.165, 1.54) is 19.2 Å². The molecule has 148 valence electrons. The van der Waals surface area contributed by atoms with Gasteiger partial charge in [0.25, 0.3) is 0 Å². The Balaban J connectivity index is 1.78. The first-order valence-electron chi connectivity index (χ1n) is 8.24. The number of benzene rings is 2. The molecule has 3 aromatic rings. The van der Waals surface area contributed by atoms with Gasteiger partial charge in [-0.25, -0.2) is 18.2 Å². The number of nitrogens with zero attached hydrogens (tertiary/aromatic N) is 2. The number of anilines is 1. The number of urea groups is 1. The standard InChI is InChI=1S/C18H20N4O4S2/c1-11-19-13-6-5-7-14(17(13)22(11)2)20-18(23)21-27-16-10-12(28(4,24)25)8-9-15(16)26-3/h5-10H,1-4H3,(H2,20,21,23). The Morgan fingerprint density at radius 1 is 1.25 bits per heavy atom. The largest absolute Gasteiger partial charge is 0.496 e. The summed E-state index contributed by atoms with van der Waals surface area (Å²) in [4.78, 5) is 17.5. The molecule has 2 amide bonds. The van der Waals surface area contributed by atoms with E-state index in [4.69, 9.17) is 4.74 Å². The van der Waals surface area contributed by atoms with Gasteiger partial charge in [0.1, 0.15) is 11.6 Å². The van der Waals surface area contributed by atoms with Gasteiger partial charge in [0.2, 0.25) is 0 Å². The van der Waals surface area contributed by atoms with E-state index in [2.05, 4.69) is 15.0 Å². The van der Waals surface area contributed by atoms with Gasteiger partial charge in [0, 0.05) is 13.3 Å². The first-order valence-corrected chi connectivity index (χ1v) is 11.0. The van der Waals surface area contributed by atoms with Gasteiger partial charge in [0.15, 0.2) is 9.84 Å². The summed E-state index contributed by atoms with van der Waals surface area (Å²) in [5.74, 6) is 1.29. The number of aryl methyl sites for hydroxylation is 2. The molecule has 0 spiro atoms. The Bertz CT molecular complexity index is 1160. The smallest absolute Gasteiger partial charge is 0.329 e. The topological polar surface area (TPSA) is 102 Å². The lowest BCUT2D eigenvalue weighted by Gasteiger charge is -2.12. The lowest BCUT2D eigenvalue weighted by Crippen LogP contribution is -2.23. The lowest BCUT2D eigenvalue weighted by atomic mass is 10.2. The van der Waals surface area contributed by atoms with Crippen LogP contribution in [-0.2, 0) is 16.9 Å². The zero-order valence-corrected chi connectivity index (χ0v) is 17.4. The number of methoxy groups -OCH3 is 1. The molecule has 0 aliphatic heterocycles. The molecule has 1 aromatic heterocycles. The highest BCUT2D eigenvalue weighted by Gasteiger charge is 2.15. The molecule has 2 aromatic carbocycles. The summed E-state index contributed by atoms with van der Waals surface area (Å²) in [7, 11) is -0.0149. The minimum atomic E-state index is -3.37. The molecule has 0 bridgehead atoms. The summed E-state index contributed by atoms with van der Waals surface area (Å²) in [6.45, 7) is 1.89. The molecule has 3 rings (SSSR count). The van der Waals surface area contributed by atoms with E-state index < -0.39 is 15.9 Å². The Morgan fingerprint density at radius 3 is 2.68 bits per heavy atom. The Kier molecular flexibility index (Phi) is 5.52. The first kappa shape index (κ1) is 20.0. The predicted octanol–water partition coefficient (Wildman–Crippen LogP) is 3.12. The number of aromatic nitrogens is 2. The van der Waals surface area contributed by atoms with Gasteiger partial charge in [-0.3, -0.25) is 4.72 Å². The van der Waals surface area contributed by atoms with Crippen LogP contribution in [0.2, 0.25) is 0 Å². The maximum Gasteiger partial charge on any atom is 0.329 e. The van der Waals surface area contributed by atoms with Crippen molar-refractivity contribution in [2.75, 3.05) is 18.7 Å². The van der Waals surface area contributed by atoms with Gasteiger partial charge >= 0.3 is 6.03 Å². The fourth-order valence-electron chi connectivity index (χ4n) is 2.70. The predicted molar refractivity (Wildman–Crippen MR) is 110 cm³/mol. The van der Waals surface area contributed by atoms with E-state index in [0.717, 1.165) is 35.1 Å². The first-order chi connectivity index (χ1) is 13.2. The van der Waals surface area contributed by atoms with E-state index in [0.29, 0.717) is 16.3 Å². The average Bonchev–Trinajstić information content (AvgIpc) is 2.94. The monoisotopic (exact) mass is 420 g/mol. The maximum absolute atomic E-state index is 12.4. The summed E-state index contributed by atoms with van der Waals surface area (Å²) in [6, 6.07) is 9.50. The number of fused-ring (bicyclic) bond motifs is 1. The third-order valence-electron chi connectivity index (χ3n) is 4.18. The maximum atomic E-state index is 12.4. The van der Waals surface area contributed by atoms with Gasteiger partial charge in [-0.15, -0.1) is 0 Å². The van der Waals surface area contributed by atoms with Crippen LogP contribution in [0.15, 0.2) is 46.2 Å². The number of hydrogen-bond acceptors (Lipinski definition) is 6. The van der Waals surface area contributed by atoms with Crippen LogP contribution in [0.4, 0.5) is 10.5 Å². The molecular formula is C18H20N4O4S2. The molecule has 0 aliphatic rings. The van der Waals surface area contributed by atoms with Gasteiger partial charge in [-0.2, -0.15) is 0 Å². The second-order valence-electron chi connectivity index (χ2n) is 6.13. The Hall–Kier alpha value is -2.72. The van der Waals surface area contributed by atoms with Crippen molar-refractivity contribution >= 4 is 44.5 Å². The summed E-state index contributed by atoms with van der Waals surface area (Å²) in [6.07, 6.45) is 1.12. The van der Waals surface area contributed by atoms with Crippen molar-refractivity contribution in [1.82, 2.24) is 14.3 Å². The molecule has 1 heterocycles. The highest BCUT2D eigenvalue weighted by atomic mass is 32.2. The van der Waals surface area contributed by atoms with Crippen LogP contribution in [-0.4, -0.2) is 37.4 Å². The molecule has 0 unspecified atom stereocenters. The second-order valence-corrected chi connectivity index (χ2v) is 9.00. The molecule has 0 saturated heterocycles. The highest BCUT2D eigenvalue weighted by molar-refractivity contribution is 7.98. The van der Waals surface area contributed by atoms with Crippen LogP contribution < -0.4 is 14.8 Å². The molecule has 0 saturated carbocycles. The zero-order chi connectivity index (χ0) is 20.5. The normalized spacial score (nSPS) is 11.4. The van der Waals surface area contributed by atoms with Crippen molar-refractivity contribution in [2.24, 2.45) is 7.05 Å². The van der Waals surface area contributed by atoms with Gasteiger partial charge in [0.05, 0.1) is 33.6 Å². The van der Waals surface area contributed by atoms with Crippen molar-refractivity contribution in [1.29, 1.82) is 0 Å². The molecule has 0 aliphatic carbocycles. The lowest BCUT2D eigenvalue weighted by molar-refractivity contribution is 0.257. The zero-order valence-electron chi connectivity index (χ0n) is 15.8. The Morgan fingerprint density at radius 2 is 2.00 bits per heavy atom. The van der Waals surface area contributed by atoms with Crippen molar-refractivity contribution in [3.05, 3.63) is 42.2 Å². The third-order valence-corrected chi connectivity index (χ3v) is 6.12. The van der Waals surface area contributed by atoms with Crippen LogP contribution in [0, 0.1) is 6.92 Å². The second kappa shape index (κ2) is 7.72. The van der Waals surface area contributed by atoms with Gasteiger partial charge in [-0.05, 0) is 49.2 Å². The summed E-state index contributed by atoms with van der Waals surface area (Å²) >= 11 is 0.970. The minimum Gasteiger partial charge on any atom is -0.496 e. The van der Waals surface area contributed by atoms with Crippen LogP contribution in [0.3, 0.4) is 0 Å². The van der Waals surface area contributed by atoms with Crippen molar-refractivity contribution in [3.8, 4) is 5.75 Å². The van der Waals surface area contributed by atoms with E-state index in [1.807, 2.05) is 30.7 Å². The number of rotatable bonds is 5. The van der Waals surface area contributed by atoms with Crippen LogP contribution >= 0.6 is 11.9 Å². The molecular weight excluding hydrogens is 400 g/mol. The van der Waals surface area contributed by atoms with E-state index in [1.54, 1.807) is 12.1 Å². The quantitative estimate of drug-likeness (QED) is 0.615. The molecule has 0 fully saturated rings. The molecule has 8 nitrogen and oxygen atoms in total. The number of imidazole rings is 1. The molecule has 0 atom stereocenters. The molecule has 0 radical (unpaired) electrons. The molecule has 28 heavy (non-hydrogen) atoms. The number of ether oxygens (including phenoxy) is 1. The summed E-state index contributed by atoms with van der Waals surface area (Å²) in [5.41, 5.74) is 2.22. The number of carbonyl (C=O) groups excluding carboxylic acids is 1. The van der Waals surface area contributed by atoms with E-state index >= 15 is 0 Å². The number of nitrogens with one attached hydrogen (secondary N) is 2. The summed E-state index contributed by atoms with van der Waals surface area (Å²) in [5, 5.41) is 2.80.